The molecule has 2 bridgehead atoms. The van der Waals surface area contributed by atoms with E-state index in [1.165, 1.54) is 13.0 Å². The number of carbonyl (C=O) groups is 1. The Morgan fingerprint density at radius 3 is 2.57 bits per heavy atom. The molecular weight excluding hydrogens is 484 g/mol. The van der Waals surface area contributed by atoms with Crippen molar-refractivity contribution in [3.05, 3.63) is 77.1 Å². The van der Waals surface area contributed by atoms with E-state index in [9.17, 15) is 23.8 Å². The van der Waals surface area contributed by atoms with Crippen LogP contribution in [0.15, 0.2) is 48.9 Å². The summed E-state index contributed by atoms with van der Waals surface area (Å²) in [6.45, 7) is -1.57. The van der Waals surface area contributed by atoms with Crippen LogP contribution in [0.2, 0.25) is 0 Å². The molecule has 1 aliphatic carbocycles. The summed E-state index contributed by atoms with van der Waals surface area (Å²) in [5.74, 6) is -0.524. The number of hydrogen-bond acceptors (Lipinski definition) is 7. The molecule has 1 aromatic carbocycles. The van der Waals surface area contributed by atoms with Crippen LogP contribution < -0.4 is 4.74 Å². The standard InChI is InChI=1S/C26H23F2N5O4/c1-12(34)23(35)24-29-10-14(11-30-24)13-6-7-33-17(8-13)21-16-9-18(22(21)31-33)32(2)25(36)15-4-3-5-19(20(15)16)37-26(27)28/h3-8,10-12,16,18,23,26,34-35H,9H2,1-2H3/t12-,16+,18+,23+/m0/s1. The van der Waals surface area contributed by atoms with Crippen LogP contribution in [-0.2, 0) is 0 Å². The van der Waals surface area contributed by atoms with Gasteiger partial charge >= 0.3 is 6.61 Å². The van der Waals surface area contributed by atoms with Crippen molar-refractivity contribution in [2.24, 2.45) is 0 Å². The summed E-state index contributed by atoms with van der Waals surface area (Å²) in [4.78, 5) is 23.3. The number of ether oxygens (including phenoxy) is 1. The van der Waals surface area contributed by atoms with E-state index in [1.54, 1.807) is 47.2 Å². The first kappa shape index (κ1) is 23.4. The summed E-state index contributed by atoms with van der Waals surface area (Å²) in [6.07, 6.45) is 3.23. The predicted molar refractivity (Wildman–Crippen MR) is 127 cm³/mol. The third kappa shape index (κ3) is 3.65. The highest BCUT2D eigenvalue weighted by Crippen LogP contribution is 2.53. The summed E-state index contributed by atoms with van der Waals surface area (Å²) in [5.41, 5.74) is 4.62. The first-order chi connectivity index (χ1) is 17.7. The van der Waals surface area contributed by atoms with E-state index in [2.05, 4.69) is 9.97 Å². The molecule has 0 unspecified atom stereocenters. The number of aromatic nitrogens is 4. The van der Waals surface area contributed by atoms with Crippen molar-refractivity contribution in [1.82, 2.24) is 24.5 Å². The van der Waals surface area contributed by atoms with Gasteiger partial charge in [0.2, 0.25) is 0 Å². The summed E-state index contributed by atoms with van der Waals surface area (Å²) in [5, 5.41) is 24.4. The van der Waals surface area contributed by atoms with Crippen LogP contribution in [0.25, 0.3) is 16.6 Å². The molecule has 3 aromatic heterocycles. The number of halogens is 2. The SMILES string of the molecule is C[C@H](O)[C@@H](O)c1ncc(-c2ccn3nc4c(c3c2)[C@@H]2C[C@H]4N(C)C(=O)c3cccc(OC(F)F)c32)cn1. The number of amides is 1. The second kappa shape index (κ2) is 8.56. The predicted octanol–water partition coefficient (Wildman–Crippen LogP) is 3.47. The number of pyridine rings is 1. The summed E-state index contributed by atoms with van der Waals surface area (Å²) >= 11 is 0. The van der Waals surface area contributed by atoms with Crippen LogP contribution in [0.3, 0.4) is 0 Å². The number of aliphatic hydroxyl groups is 2. The van der Waals surface area contributed by atoms with Crippen molar-refractivity contribution in [3.63, 3.8) is 0 Å². The summed E-state index contributed by atoms with van der Waals surface area (Å²) in [6, 6.07) is 8.11. The van der Waals surface area contributed by atoms with Gasteiger partial charge in [-0.05, 0) is 43.2 Å². The average molecular weight is 507 g/mol. The lowest BCUT2D eigenvalue weighted by atomic mass is 9.88. The van der Waals surface area contributed by atoms with Gasteiger partial charge in [0, 0.05) is 53.8 Å². The van der Waals surface area contributed by atoms with Crippen LogP contribution in [0, 0.1) is 0 Å². The topological polar surface area (TPSA) is 113 Å². The fourth-order valence-corrected chi connectivity index (χ4v) is 5.40. The molecule has 6 rings (SSSR count). The number of alkyl halides is 2. The zero-order chi connectivity index (χ0) is 26.0. The van der Waals surface area contributed by atoms with Gasteiger partial charge in [-0.1, -0.05) is 6.07 Å². The van der Waals surface area contributed by atoms with Crippen LogP contribution in [0.5, 0.6) is 5.75 Å². The lowest BCUT2D eigenvalue weighted by Crippen LogP contribution is -2.30. The van der Waals surface area contributed by atoms with Gasteiger partial charge in [0.1, 0.15) is 11.9 Å². The van der Waals surface area contributed by atoms with Crippen molar-refractivity contribution >= 4 is 11.4 Å². The van der Waals surface area contributed by atoms with Crippen molar-refractivity contribution in [1.29, 1.82) is 0 Å². The van der Waals surface area contributed by atoms with Gasteiger partial charge in [0.05, 0.1) is 23.4 Å². The average Bonchev–Trinajstić information content (AvgIpc) is 3.41. The minimum atomic E-state index is -3.02. The maximum atomic E-state index is 13.3. The molecule has 0 fully saturated rings. The molecule has 37 heavy (non-hydrogen) atoms. The summed E-state index contributed by atoms with van der Waals surface area (Å²) in [7, 11) is 1.70. The van der Waals surface area contributed by atoms with Crippen molar-refractivity contribution < 1.29 is 28.5 Å². The van der Waals surface area contributed by atoms with Crippen molar-refractivity contribution in [3.8, 4) is 16.9 Å². The van der Waals surface area contributed by atoms with Gasteiger partial charge in [-0.2, -0.15) is 13.9 Å². The minimum absolute atomic E-state index is 0.0103. The molecule has 0 radical (unpaired) electrons. The fraction of sp³-hybridized carbons (Fsp3) is 0.308. The number of benzene rings is 1. The third-order valence-electron chi connectivity index (χ3n) is 7.20. The van der Waals surface area contributed by atoms with E-state index in [4.69, 9.17) is 9.84 Å². The Morgan fingerprint density at radius 1 is 1.11 bits per heavy atom. The monoisotopic (exact) mass is 507 g/mol. The first-order valence-corrected chi connectivity index (χ1v) is 11.8. The molecule has 2 N–H and O–H groups in total. The van der Waals surface area contributed by atoms with Gasteiger partial charge in [0.15, 0.2) is 5.82 Å². The van der Waals surface area contributed by atoms with E-state index in [1.807, 2.05) is 12.1 Å². The van der Waals surface area contributed by atoms with Gasteiger partial charge in [-0.25, -0.2) is 14.5 Å². The van der Waals surface area contributed by atoms with E-state index < -0.39 is 18.8 Å². The van der Waals surface area contributed by atoms with E-state index in [0.717, 1.165) is 22.3 Å². The van der Waals surface area contributed by atoms with Gasteiger partial charge in [-0.15, -0.1) is 0 Å². The Bertz CT molecular complexity index is 1520. The first-order valence-electron chi connectivity index (χ1n) is 11.8. The van der Waals surface area contributed by atoms with Gasteiger partial charge in [-0.3, -0.25) is 4.79 Å². The molecular formula is C26H23F2N5O4. The van der Waals surface area contributed by atoms with E-state index >= 15 is 0 Å². The third-order valence-corrected chi connectivity index (χ3v) is 7.20. The van der Waals surface area contributed by atoms with Crippen LogP contribution >= 0.6 is 0 Å². The number of fused-ring (bicyclic) bond motifs is 9. The maximum Gasteiger partial charge on any atom is 0.387 e. The molecule has 11 heteroatoms. The van der Waals surface area contributed by atoms with Gasteiger partial charge < -0.3 is 19.8 Å². The maximum absolute atomic E-state index is 13.3. The molecule has 190 valence electrons. The largest absolute Gasteiger partial charge is 0.434 e. The van der Waals surface area contributed by atoms with E-state index in [-0.39, 0.29) is 29.4 Å². The number of rotatable bonds is 5. The van der Waals surface area contributed by atoms with Crippen molar-refractivity contribution in [2.75, 3.05) is 7.05 Å². The Labute approximate surface area is 210 Å². The quantitative estimate of drug-likeness (QED) is 0.425. The van der Waals surface area contributed by atoms with Crippen LogP contribution in [0.1, 0.15) is 64.4 Å². The molecule has 4 atom stereocenters. The van der Waals surface area contributed by atoms with E-state index in [0.29, 0.717) is 23.1 Å². The lowest BCUT2D eigenvalue weighted by molar-refractivity contribution is -0.0505. The zero-order valence-corrected chi connectivity index (χ0v) is 19.9. The Morgan fingerprint density at radius 2 is 1.86 bits per heavy atom. The number of aliphatic hydroxyl groups excluding tert-OH is 2. The van der Waals surface area contributed by atoms with Crippen LogP contribution in [0.4, 0.5) is 8.78 Å². The van der Waals surface area contributed by atoms with Gasteiger partial charge in [0.25, 0.3) is 5.91 Å². The van der Waals surface area contributed by atoms with Crippen LogP contribution in [-0.4, -0.2) is 60.4 Å². The highest BCUT2D eigenvalue weighted by atomic mass is 19.3. The smallest absolute Gasteiger partial charge is 0.387 e. The fourth-order valence-electron chi connectivity index (χ4n) is 5.40. The highest BCUT2D eigenvalue weighted by molar-refractivity contribution is 5.98. The zero-order valence-electron chi connectivity index (χ0n) is 19.9. The second-order valence-electron chi connectivity index (χ2n) is 9.38. The molecule has 0 saturated heterocycles. The molecule has 0 spiro atoms. The normalized spacial score (nSPS) is 20.1. The molecule has 0 saturated carbocycles. The second-order valence-corrected chi connectivity index (χ2v) is 9.38. The van der Waals surface area contributed by atoms with Crippen molar-refractivity contribution in [2.45, 2.75) is 44.1 Å². The summed E-state index contributed by atoms with van der Waals surface area (Å²) < 4.78 is 33.1. The number of hydrogen-bond donors (Lipinski definition) is 2. The highest BCUT2D eigenvalue weighted by Gasteiger charge is 2.46. The number of carbonyl (C=O) groups excluding carboxylic acids is 1. The number of nitrogens with zero attached hydrogens (tertiary/aromatic N) is 5. The lowest BCUT2D eigenvalue weighted by Gasteiger charge is -2.23. The Kier molecular flexibility index (Phi) is 5.42. The molecule has 9 nitrogen and oxygen atoms in total. The molecule has 1 amide bonds. The molecule has 1 aliphatic heterocycles. The molecule has 4 aromatic rings. The molecule has 2 aliphatic rings. The Balaban J connectivity index is 1.49. The Hall–Kier alpha value is -3.96. The molecule has 4 heterocycles. The minimum Gasteiger partial charge on any atom is -0.434 e.